The fourth-order valence-corrected chi connectivity index (χ4v) is 2.55. The number of hydrogen-bond donors (Lipinski definition) is 3. The van der Waals surface area contributed by atoms with Crippen LogP contribution in [0, 0.1) is 5.82 Å². The Morgan fingerprint density at radius 3 is 2.58 bits per heavy atom. The molecule has 2 rings (SSSR count). The van der Waals surface area contributed by atoms with E-state index in [1.165, 1.54) is 12.1 Å². The lowest BCUT2D eigenvalue weighted by Gasteiger charge is -2.36. The zero-order valence-corrected chi connectivity index (χ0v) is 10.7. The van der Waals surface area contributed by atoms with E-state index in [1.54, 1.807) is 0 Å². The Morgan fingerprint density at radius 2 is 2.00 bits per heavy atom. The molecule has 0 radical (unpaired) electrons. The summed E-state index contributed by atoms with van der Waals surface area (Å²) in [5.74, 6) is -1.53. The quantitative estimate of drug-likeness (QED) is 0.784. The molecule has 0 heterocycles. The molecule has 104 valence electrons. The molecule has 1 aliphatic rings. The summed E-state index contributed by atoms with van der Waals surface area (Å²) in [6.07, 6.45) is 4.38. The number of phenolic OH excluding ortho intramolecular Hbond substituents is 1. The monoisotopic (exact) mass is 267 g/mol. The van der Waals surface area contributed by atoms with Crippen LogP contribution in [0.5, 0.6) is 5.75 Å². The minimum absolute atomic E-state index is 0.115. The van der Waals surface area contributed by atoms with Crippen molar-refractivity contribution >= 4 is 5.91 Å². The third kappa shape index (κ3) is 3.04. The zero-order chi connectivity index (χ0) is 13.9. The predicted octanol–water partition coefficient (Wildman–Crippen LogP) is 1.96. The fraction of sp³-hybridized carbons (Fsp3) is 0.500. The number of phenols is 1. The van der Waals surface area contributed by atoms with Crippen LogP contribution >= 0.6 is 0 Å². The van der Waals surface area contributed by atoms with E-state index in [0.29, 0.717) is 12.8 Å². The number of halogens is 1. The van der Waals surface area contributed by atoms with Gasteiger partial charge in [0.2, 0.25) is 0 Å². The smallest absolute Gasteiger partial charge is 0.254 e. The minimum atomic E-state index is -0.763. The first-order valence-electron chi connectivity index (χ1n) is 6.48. The van der Waals surface area contributed by atoms with Crippen molar-refractivity contribution in [3.8, 4) is 5.75 Å². The summed E-state index contributed by atoms with van der Waals surface area (Å²) in [4.78, 5) is 12.1. The summed E-state index contributed by atoms with van der Waals surface area (Å²) in [5, 5.41) is 21.4. The summed E-state index contributed by atoms with van der Waals surface area (Å²) in [7, 11) is 0. The lowest BCUT2D eigenvalue weighted by molar-refractivity contribution is 0.0755. The molecule has 0 aliphatic heterocycles. The Balaban J connectivity index is 2.15. The molecule has 1 saturated carbocycles. The Hall–Kier alpha value is -1.62. The van der Waals surface area contributed by atoms with Gasteiger partial charge in [0.1, 0.15) is 11.6 Å². The van der Waals surface area contributed by atoms with Crippen molar-refractivity contribution in [3.05, 3.63) is 29.6 Å². The molecule has 0 saturated heterocycles. The Bertz CT molecular complexity index is 470. The number of hydrogen-bond acceptors (Lipinski definition) is 3. The molecule has 0 atom stereocenters. The van der Waals surface area contributed by atoms with Crippen molar-refractivity contribution in [1.29, 1.82) is 0 Å². The Labute approximate surface area is 111 Å². The van der Waals surface area contributed by atoms with Gasteiger partial charge in [0.05, 0.1) is 17.7 Å². The van der Waals surface area contributed by atoms with E-state index in [1.807, 2.05) is 0 Å². The molecule has 0 unspecified atom stereocenters. The van der Waals surface area contributed by atoms with Crippen LogP contribution in [0.4, 0.5) is 4.39 Å². The molecule has 0 bridgehead atoms. The molecule has 1 aliphatic carbocycles. The number of carbonyl (C=O) groups is 1. The first-order chi connectivity index (χ1) is 9.06. The lowest BCUT2D eigenvalue weighted by Crippen LogP contribution is -2.52. The second-order valence-electron chi connectivity index (χ2n) is 5.12. The fourth-order valence-electron chi connectivity index (χ4n) is 2.55. The molecule has 1 fully saturated rings. The molecule has 19 heavy (non-hydrogen) atoms. The average molecular weight is 267 g/mol. The first-order valence-corrected chi connectivity index (χ1v) is 6.48. The highest BCUT2D eigenvalue weighted by Gasteiger charge is 2.33. The molecule has 1 amide bonds. The van der Waals surface area contributed by atoms with Crippen LogP contribution in [0.3, 0.4) is 0 Å². The van der Waals surface area contributed by atoms with Crippen LogP contribution < -0.4 is 5.32 Å². The van der Waals surface area contributed by atoms with Gasteiger partial charge in [0.25, 0.3) is 5.91 Å². The molecule has 0 spiro atoms. The minimum Gasteiger partial charge on any atom is -0.508 e. The van der Waals surface area contributed by atoms with E-state index in [9.17, 15) is 14.3 Å². The van der Waals surface area contributed by atoms with Gasteiger partial charge in [-0.3, -0.25) is 4.79 Å². The van der Waals surface area contributed by atoms with Gasteiger partial charge in [-0.15, -0.1) is 0 Å². The summed E-state index contributed by atoms with van der Waals surface area (Å²) in [6.45, 7) is -0.140. The molecule has 1 aromatic rings. The summed E-state index contributed by atoms with van der Waals surface area (Å²) in [5.41, 5.74) is -0.754. The van der Waals surface area contributed by atoms with Gasteiger partial charge in [0, 0.05) is 6.07 Å². The largest absolute Gasteiger partial charge is 0.508 e. The van der Waals surface area contributed by atoms with E-state index in [2.05, 4.69) is 5.32 Å². The highest BCUT2D eigenvalue weighted by Crippen LogP contribution is 2.28. The van der Waals surface area contributed by atoms with Gasteiger partial charge >= 0.3 is 0 Å². The molecule has 4 nitrogen and oxygen atoms in total. The van der Waals surface area contributed by atoms with Crippen molar-refractivity contribution in [3.63, 3.8) is 0 Å². The first kappa shape index (κ1) is 13.8. The summed E-state index contributed by atoms with van der Waals surface area (Å²) in [6, 6.07) is 3.42. The highest BCUT2D eigenvalue weighted by molar-refractivity contribution is 5.95. The number of amides is 1. The molecule has 5 heteroatoms. The van der Waals surface area contributed by atoms with Crippen LogP contribution in [0.1, 0.15) is 42.5 Å². The van der Waals surface area contributed by atoms with Gasteiger partial charge in [0.15, 0.2) is 0 Å². The van der Waals surface area contributed by atoms with E-state index >= 15 is 0 Å². The van der Waals surface area contributed by atoms with Crippen molar-refractivity contribution in [2.75, 3.05) is 6.61 Å². The second-order valence-corrected chi connectivity index (χ2v) is 5.12. The van der Waals surface area contributed by atoms with Gasteiger partial charge in [-0.2, -0.15) is 0 Å². The van der Waals surface area contributed by atoms with Crippen LogP contribution in [0.25, 0.3) is 0 Å². The van der Waals surface area contributed by atoms with Gasteiger partial charge in [-0.1, -0.05) is 19.3 Å². The van der Waals surface area contributed by atoms with E-state index in [4.69, 9.17) is 5.11 Å². The normalized spacial score (nSPS) is 18.0. The summed E-state index contributed by atoms with van der Waals surface area (Å²) < 4.78 is 13.6. The number of rotatable bonds is 3. The van der Waals surface area contributed by atoms with Crippen molar-refractivity contribution in [2.45, 2.75) is 37.6 Å². The topological polar surface area (TPSA) is 69.6 Å². The van der Waals surface area contributed by atoms with Crippen LogP contribution in [-0.4, -0.2) is 28.3 Å². The molecule has 1 aromatic carbocycles. The maximum atomic E-state index is 13.6. The maximum absolute atomic E-state index is 13.6. The van der Waals surface area contributed by atoms with Crippen LogP contribution in [-0.2, 0) is 0 Å². The SMILES string of the molecule is O=C(NC1(CO)CCCCC1)c1ccc(O)cc1F. The van der Waals surface area contributed by atoms with E-state index in [-0.39, 0.29) is 17.9 Å². The number of aliphatic hydroxyl groups excluding tert-OH is 1. The predicted molar refractivity (Wildman–Crippen MR) is 68.4 cm³/mol. The lowest BCUT2D eigenvalue weighted by atomic mass is 9.82. The molecular weight excluding hydrogens is 249 g/mol. The van der Waals surface area contributed by atoms with Gasteiger partial charge < -0.3 is 15.5 Å². The molecule has 3 N–H and O–H groups in total. The summed E-state index contributed by atoms with van der Waals surface area (Å²) >= 11 is 0. The number of carbonyl (C=O) groups excluding carboxylic acids is 1. The van der Waals surface area contributed by atoms with E-state index in [0.717, 1.165) is 25.3 Å². The van der Waals surface area contributed by atoms with Crippen molar-refractivity contribution < 1.29 is 19.4 Å². The highest BCUT2D eigenvalue weighted by atomic mass is 19.1. The molecular formula is C14H18FNO3. The van der Waals surface area contributed by atoms with Crippen molar-refractivity contribution in [1.82, 2.24) is 5.32 Å². The van der Waals surface area contributed by atoms with Crippen LogP contribution in [0.15, 0.2) is 18.2 Å². The van der Waals surface area contributed by atoms with Crippen molar-refractivity contribution in [2.24, 2.45) is 0 Å². The number of benzene rings is 1. The van der Waals surface area contributed by atoms with Crippen LogP contribution in [0.2, 0.25) is 0 Å². The number of aromatic hydroxyl groups is 1. The number of nitrogens with one attached hydrogen (secondary N) is 1. The number of aliphatic hydroxyl groups is 1. The maximum Gasteiger partial charge on any atom is 0.254 e. The Kier molecular flexibility index (Phi) is 4.04. The van der Waals surface area contributed by atoms with Gasteiger partial charge in [-0.25, -0.2) is 4.39 Å². The third-order valence-electron chi connectivity index (χ3n) is 3.69. The standard InChI is InChI=1S/C14H18FNO3/c15-12-8-10(18)4-5-11(12)13(19)16-14(9-17)6-2-1-3-7-14/h4-5,8,17-18H,1-3,6-7,9H2,(H,16,19). The average Bonchev–Trinajstić information content (AvgIpc) is 2.39. The second kappa shape index (κ2) is 5.57. The Morgan fingerprint density at radius 1 is 1.32 bits per heavy atom. The third-order valence-corrected chi connectivity index (χ3v) is 3.69. The zero-order valence-electron chi connectivity index (χ0n) is 10.7. The van der Waals surface area contributed by atoms with Gasteiger partial charge in [-0.05, 0) is 25.0 Å². The molecule has 0 aromatic heterocycles. The van der Waals surface area contributed by atoms with E-state index < -0.39 is 17.3 Å².